The molecule has 3 rings (SSSR count). The maximum Gasteiger partial charge on any atom is 0.323 e. The van der Waals surface area contributed by atoms with Gasteiger partial charge in [-0.05, 0) is 55.7 Å². The first-order chi connectivity index (χ1) is 17.1. The quantitative estimate of drug-likeness (QED) is 0.322. The number of benzene rings is 1. The Bertz CT molecular complexity index is 1130. The minimum atomic E-state index is -0.845. The van der Waals surface area contributed by atoms with Crippen molar-refractivity contribution in [1.82, 2.24) is 5.32 Å². The minimum Gasteiger partial charge on any atom is -0.461 e. The van der Waals surface area contributed by atoms with Crippen LogP contribution in [0.5, 0.6) is 0 Å². The number of urea groups is 1. The predicted octanol–water partition coefficient (Wildman–Crippen LogP) is 4.65. The van der Waals surface area contributed by atoms with Crippen molar-refractivity contribution in [2.24, 2.45) is 17.4 Å². The fourth-order valence-corrected chi connectivity index (χ4v) is 5.23. The van der Waals surface area contributed by atoms with Gasteiger partial charge in [-0.25, -0.2) is 9.18 Å². The molecule has 1 saturated carbocycles. The third kappa shape index (κ3) is 7.63. The van der Waals surface area contributed by atoms with Crippen LogP contribution < -0.4 is 22.1 Å². The number of anilines is 1. The van der Waals surface area contributed by atoms with Gasteiger partial charge < -0.3 is 21.5 Å². The lowest BCUT2D eigenvalue weighted by molar-refractivity contribution is -0.151. The summed E-state index contributed by atoms with van der Waals surface area (Å²) in [6, 6.07) is 4.89. The second kappa shape index (κ2) is 12.6. The Morgan fingerprint density at radius 3 is 2.53 bits per heavy atom. The zero-order chi connectivity index (χ0) is 26.2. The number of nitrogens with one attached hydrogen (secondary N) is 2. The number of rotatable bonds is 11. The fraction of sp³-hybridized carbons (Fsp3) is 0.423. The van der Waals surface area contributed by atoms with E-state index in [4.69, 9.17) is 16.2 Å². The van der Waals surface area contributed by atoms with Crippen LogP contribution in [0.2, 0.25) is 0 Å². The summed E-state index contributed by atoms with van der Waals surface area (Å²) in [5.41, 5.74) is 11.5. The molecule has 10 heteroatoms. The lowest BCUT2D eigenvalue weighted by atomic mass is 10.0. The molecular weight excluding hydrogens is 483 g/mol. The van der Waals surface area contributed by atoms with Gasteiger partial charge in [-0.1, -0.05) is 38.1 Å². The monoisotopic (exact) mass is 516 g/mol. The standard InChI is InChI=1S/C26H33FN4O4S/c1-15(2)12-21(25(33)35-17-7-3-4-8-17)30-11-5-6-16-9-10-18(20(27)13-16)22-14-19(23(28)32)24(36-22)31-26(29)34/h5-6,9-10,13-15,17,21,30H,3-4,7-8,11-12H2,1-2H3,(H2,28,32)(H3,29,31,34)/b6-5+/t21-/m1/s1. The van der Waals surface area contributed by atoms with Crippen LogP contribution in [-0.4, -0.2) is 36.6 Å². The van der Waals surface area contributed by atoms with E-state index in [1.165, 1.54) is 12.1 Å². The Hall–Kier alpha value is -3.24. The molecule has 1 heterocycles. The number of hydrogen-bond acceptors (Lipinski definition) is 6. The molecule has 2 aromatic rings. The van der Waals surface area contributed by atoms with Crippen molar-refractivity contribution in [1.29, 1.82) is 0 Å². The SMILES string of the molecule is CC(C)C[C@@H](NC/C=C/c1ccc(-c2cc(C(N)=O)c(NC(N)=O)s2)c(F)c1)C(=O)OC1CCCC1. The number of esters is 1. The van der Waals surface area contributed by atoms with Crippen LogP contribution >= 0.6 is 11.3 Å². The topological polar surface area (TPSA) is 137 Å². The van der Waals surface area contributed by atoms with Gasteiger partial charge in [-0.2, -0.15) is 0 Å². The first-order valence-electron chi connectivity index (χ1n) is 12.0. The average molecular weight is 517 g/mol. The van der Waals surface area contributed by atoms with E-state index < -0.39 is 23.8 Å². The van der Waals surface area contributed by atoms with Gasteiger partial charge in [0.05, 0.1) is 5.56 Å². The smallest absolute Gasteiger partial charge is 0.323 e. The maximum atomic E-state index is 14.9. The maximum absolute atomic E-state index is 14.9. The molecule has 1 aromatic heterocycles. The lowest BCUT2D eigenvalue weighted by Crippen LogP contribution is -2.40. The van der Waals surface area contributed by atoms with Crippen molar-refractivity contribution in [3.05, 3.63) is 47.3 Å². The molecular formula is C26H33FN4O4S. The number of amides is 3. The molecule has 3 amide bonds. The number of carbonyl (C=O) groups is 3. The van der Waals surface area contributed by atoms with Crippen molar-refractivity contribution >= 4 is 40.3 Å². The number of carbonyl (C=O) groups excluding carboxylic acids is 3. The van der Waals surface area contributed by atoms with Crippen molar-refractivity contribution in [2.75, 3.05) is 11.9 Å². The summed E-state index contributed by atoms with van der Waals surface area (Å²) in [7, 11) is 0. The van der Waals surface area contributed by atoms with E-state index in [-0.39, 0.29) is 28.2 Å². The van der Waals surface area contributed by atoms with E-state index in [0.29, 0.717) is 29.3 Å². The number of ether oxygens (including phenoxy) is 1. The highest BCUT2D eigenvalue weighted by Gasteiger charge is 2.25. The number of thiophene rings is 1. The minimum absolute atomic E-state index is 0.0241. The van der Waals surface area contributed by atoms with Crippen molar-refractivity contribution in [2.45, 2.75) is 58.1 Å². The first-order valence-corrected chi connectivity index (χ1v) is 12.9. The van der Waals surface area contributed by atoms with Crippen molar-refractivity contribution in [3.63, 3.8) is 0 Å². The fourth-order valence-electron chi connectivity index (χ4n) is 4.14. The van der Waals surface area contributed by atoms with Gasteiger partial charge in [0.25, 0.3) is 5.91 Å². The molecule has 1 aliphatic carbocycles. The Balaban J connectivity index is 1.64. The zero-order valence-corrected chi connectivity index (χ0v) is 21.3. The summed E-state index contributed by atoms with van der Waals surface area (Å²) in [5, 5.41) is 5.75. The first kappa shape index (κ1) is 27.3. The second-order valence-electron chi connectivity index (χ2n) is 9.28. The Kier molecular flexibility index (Phi) is 9.60. The molecule has 0 radical (unpaired) electrons. The molecule has 1 atom stereocenters. The number of nitrogens with two attached hydrogens (primary N) is 2. The van der Waals surface area contributed by atoms with Crippen LogP contribution in [0.15, 0.2) is 30.3 Å². The van der Waals surface area contributed by atoms with Crippen molar-refractivity contribution < 1.29 is 23.5 Å². The molecule has 194 valence electrons. The molecule has 36 heavy (non-hydrogen) atoms. The van der Waals surface area contributed by atoms with Gasteiger partial charge in [-0.15, -0.1) is 11.3 Å². The summed E-state index contributed by atoms with van der Waals surface area (Å²) in [5.74, 6) is -1.13. The summed E-state index contributed by atoms with van der Waals surface area (Å²) < 4.78 is 20.6. The molecule has 8 nitrogen and oxygen atoms in total. The van der Waals surface area contributed by atoms with Gasteiger partial charge in [0.2, 0.25) is 0 Å². The Labute approximate surface area is 214 Å². The third-order valence-corrected chi connectivity index (χ3v) is 6.95. The molecule has 1 aliphatic rings. The summed E-state index contributed by atoms with van der Waals surface area (Å²) in [6.07, 6.45) is 8.35. The van der Waals surface area contributed by atoms with Gasteiger partial charge in [0, 0.05) is 17.0 Å². The van der Waals surface area contributed by atoms with E-state index in [1.807, 2.05) is 6.08 Å². The highest BCUT2D eigenvalue weighted by Crippen LogP contribution is 2.36. The summed E-state index contributed by atoms with van der Waals surface area (Å²) in [4.78, 5) is 35.9. The van der Waals surface area contributed by atoms with E-state index in [9.17, 15) is 18.8 Å². The Morgan fingerprint density at radius 2 is 1.92 bits per heavy atom. The number of halogens is 1. The molecule has 0 aliphatic heterocycles. The summed E-state index contributed by atoms with van der Waals surface area (Å²) >= 11 is 1.01. The van der Waals surface area contributed by atoms with Crippen LogP contribution in [0.25, 0.3) is 16.5 Å². The molecule has 1 fully saturated rings. The lowest BCUT2D eigenvalue weighted by Gasteiger charge is -2.21. The van der Waals surface area contributed by atoms with E-state index in [0.717, 1.165) is 37.0 Å². The zero-order valence-electron chi connectivity index (χ0n) is 20.5. The molecule has 6 N–H and O–H groups in total. The van der Waals surface area contributed by atoms with Crippen LogP contribution in [0, 0.1) is 11.7 Å². The highest BCUT2D eigenvalue weighted by molar-refractivity contribution is 7.20. The third-order valence-electron chi connectivity index (χ3n) is 5.86. The number of primary amides is 2. The molecule has 0 saturated heterocycles. The molecule has 0 bridgehead atoms. The highest BCUT2D eigenvalue weighted by atomic mass is 32.1. The van der Waals surface area contributed by atoms with Gasteiger partial charge in [0.15, 0.2) is 0 Å². The van der Waals surface area contributed by atoms with Crippen LogP contribution in [0.3, 0.4) is 0 Å². The molecule has 0 unspecified atom stereocenters. The average Bonchev–Trinajstić information content (AvgIpc) is 3.45. The van der Waals surface area contributed by atoms with E-state index in [1.54, 1.807) is 18.2 Å². The Morgan fingerprint density at radius 1 is 1.19 bits per heavy atom. The van der Waals surface area contributed by atoms with E-state index >= 15 is 0 Å². The van der Waals surface area contributed by atoms with Gasteiger partial charge in [0.1, 0.15) is 23.0 Å². The van der Waals surface area contributed by atoms with Crippen LogP contribution in [0.1, 0.15) is 61.9 Å². The van der Waals surface area contributed by atoms with Crippen LogP contribution in [-0.2, 0) is 9.53 Å². The summed E-state index contributed by atoms with van der Waals surface area (Å²) in [6.45, 7) is 4.55. The number of hydrogen-bond donors (Lipinski definition) is 4. The van der Waals surface area contributed by atoms with E-state index in [2.05, 4.69) is 24.5 Å². The molecule has 1 aromatic carbocycles. The largest absolute Gasteiger partial charge is 0.461 e. The van der Waals surface area contributed by atoms with Crippen LogP contribution in [0.4, 0.5) is 14.2 Å². The van der Waals surface area contributed by atoms with Gasteiger partial charge in [-0.3, -0.25) is 14.9 Å². The predicted molar refractivity (Wildman–Crippen MR) is 140 cm³/mol. The molecule has 0 spiro atoms. The normalized spacial score (nSPS) is 14.9. The van der Waals surface area contributed by atoms with Gasteiger partial charge >= 0.3 is 12.0 Å². The second-order valence-corrected chi connectivity index (χ2v) is 10.3. The van der Waals surface area contributed by atoms with Crippen molar-refractivity contribution in [3.8, 4) is 10.4 Å².